The van der Waals surface area contributed by atoms with Crippen LogP contribution in [0.4, 0.5) is 4.39 Å². The first-order chi connectivity index (χ1) is 8.15. The Hall–Kier alpha value is -0.930. The minimum absolute atomic E-state index is 0.113. The zero-order valence-electron chi connectivity index (χ0n) is 10.2. The van der Waals surface area contributed by atoms with Crippen molar-refractivity contribution < 1.29 is 9.50 Å². The number of aliphatic hydroxyl groups excluding tert-OH is 1. The quantitative estimate of drug-likeness (QED) is 0.842. The maximum Gasteiger partial charge on any atom is 0.123 e. The molecule has 2 unspecified atom stereocenters. The van der Waals surface area contributed by atoms with E-state index in [1.807, 2.05) is 13.0 Å². The van der Waals surface area contributed by atoms with Gasteiger partial charge in [0.25, 0.3) is 0 Å². The molecule has 0 aliphatic heterocycles. The van der Waals surface area contributed by atoms with Crippen LogP contribution in [0.5, 0.6) is 0 Å². The van der Waals surface area contributed by atoms with Crippen LogP contribution in [0.15, 0.2) is 18.2 Å². The summed E-state index contributed by atoms with van der Waals surface area (Å²) in [6.45, 7) is 3.61. The van der Waals surface area contributed by atoms with Crippen LogP contribution >= 0.6 is 0 Å². The Kier molecular flexibility index (Phi) is 4.13. The van der Waals surface area contributed by atoms with Crippen molar-refractivity contribution in [3.63, 3.8) is 0 Å². The van der Waals surface area contributed by atoms with Gasteiger partial charge in [0.1, 0.15) is 5.82 Å². The molecule has 0 radical (unpaired) electrons. The number of aryl methyl sites for hydroxylation is 1. The third-order valence-electron chi connectivity index (χ3n) is 3.57. The predicted molar refractivity (Wildman–Crippen MR) is 66.2 cm³/mol. The van der Waals surface area contributed by atoms with E-state index >= 15 is 0 Å². The number of nitrogens with one attached hydrogen (secondary N) is 1. The molecule has 3 heteroatoms. The first-order valence-corrected chi connectivity index (χ1v) is 6.29. The van der Waals surface area contributed by atoms with Gasteiger partial charge in [0.15, 0.2) is 0 Å². The highest BCUT2D eigenvalue weighted by molar-refractivity contribution is 5.26. The smallest absolute Gasteiger partial charge is 0.123 e. The maximum atomic E-state index is 13.1. The second kappa shape index (κ2) is 5.61. The summed E-state index contributed by atoms with van der Waals surface area (Å²) in [6, 6.07) is 4.89. The second-order valence-corrected chi connectivity index (χ2v) is 5.03. The number of hydrogen-bond donors (Lipinski definition) is 2. The topological polar surface area (TPSA) is 32.3 Å². The lowest BCUT2D eigenvalue weighted by Gasteiger charge is -2.12. The Balaban J connectivity index is 1.80. The van der Waals surface area contributed by atoms with Crippen LogP contribution in [0.3, 0.4) is 0 Å². The number of benzene rings is 1. The Morgan fingerprint density at radius 1 is 1.41 bits per heavy atom. The summed E-state index contributed by atoms with van der Waals surface area (Å²) >= 11 is 0. The van der Waals surface area contributed by atoms with E-state index in [-0.39, 0.29) is 11.9 Å². The summed E-state index contributed by atoms with van der Waals surface area (Å²) in [7, 11) is 0. The standard InChI is InChI=1S/C14H20FNO/c1-10-2-4-13(15)7-12(10)9-16-8-11-3-5-14(17)6-11/h2,4,7,11,14,16-17H,3,5-6,8-9H2,1H3. The Morgan fingerprint density at radius 3 is 2.94 bits per heavy atom. The molecule has 0 saturated heterocycles. The van der Waals surface area contributed by atoms with Gasteiger partial charge >= 0.3 is 0 Å². The first kappa shape index (κ1) is 12.5. The van der Waals surface area contributed by atoms with E-state index in [4.69, 9.17) is 0 Å². The fourth-order valence-electron chi connectivity index (χ4n) is 2.48. The van der Waals surface area contributed by atoms with Gasteiger partial charge in [-0.25, -0.2) is 4.39 Å². The largest absolute Gasteiger partial charge is 0.393 e. The van der Waals surface area contributed by atoms with Gasteiger partial charge < -0.3 is 10.4 Å². The highest BCUT2D eigenvalue weighted by Gasteiger charge is 2.21. The van der Waals surface area contributed by atoms with Crippen molar-refractivity contribution in [2.75, 3.05) is 6.54 Å². The van der Waals surface area contributed by atoms with Gasteiger partial charge in [-0.3, -0.25) is 0 Å². The van der Waals surface area contributed by atoms with Gasteiger partial charge in [-0.1, -0.05) is 6.07 Å². The summed E-state index contributed by atoms with van der Waals surface area (Å²) in [5.74, 6) is 0.391. The lowest BCUT2D eigenvalue weighted by atomic mass is 10.1. The summed E-state index contributed by atoms with van der Waals surface area (Å²) in [6.07, 6.45) is 2.80. The second-order valence-electron chi connectivity index (χ2n) is 5.03. The molecule has 0 spiro atoms. The molecule has 1 aromatic rings. The number of rotatable bonds is 4. The maximum absolute atomic E-state index is 13.1. The number of hydrogen-bond acceptors (Lipinski definition) is 2. The fraction of sp³-hybridized carbons (Fsp3) is 0.571. The van der Waals surface area contributed by atoms with Crippen LogP contribution in [0.1, 0.15) is 30.4 Å². The lowest BCUT2D eigenvalue weighted by molar-refractivity contribution is 0.177. The molecule has 94 valence electrons. The summed E-state index contributed by atoms with van der Waals surface area (Å²) in [5.41, 5.74) is 2.13. The van der Waals surface area contributed by atoms with Crippen molar-refractivity contribution >= 4 is 0 Å². The lowest BCUT2D eigenvalue weighted by Crippen LogP contribution is -2.21. The molecule has 2 N–H and O–H groups in total. The van der Waals surface area contributed by atoms with E-state index in [0.717, 1.165) is 36.9 Å². The fourth-order valence-corrected chi connectivity index (χ4v) is 2.48. The molecule has 0 heterocycles. The van der Waals surface area contributed by atoms with Crippen LogP contribution in [0.2, 0.25) is 0 Å². The zero-order chi connectivity index (χ0) is 12.3. The highest BCUT2D eigenvalue weighted by Crippen LogP contribution is 2.24. The highest BCUT2D eigenvalue weighted by atomic mass is 19.1. The summed E-state index contributed by atoms with van der Waals surface area (Å²) < 4.78 is 13.1. The number of aliphatic hydroxyl groups is 1. The minimum atomic E-state index is -0.177. The van der Waals surface area contributed by atoms with E-state index < -0.39 is 0 Å². The molecular weight excluding hydrogens is 217 g/mol. The SMILES string of the molecule is Cc1ccc(F)cc1CNCC1CCC(O)C1. The molecule has 2 atom stereocenters. The van der Waals surface area contributed by atoms with Crippen molar-refractivity contribution in [3.8, 4) is 0 Å². The van der Waals surface area contributed by atoms with Gasteiger partial charge in [0.05, 0.1) is 6.10 Å². The van der Waals surface area contributed by atoms with Gasteiger partial charge in [-0.2, -0.15) is 0 Å². The molecule has 1 aliphatic carbocycles. The van der Waals surface area contributed by atoms with E-state index in [2.05, 4.69) is 5.32 Å². The third kappa shape index (κ3) is 3.51. The normalized spacial score (nSPS) is 24.2. The first-order valence-electron chi connectivity index (χ1n) is 6.29. The van der Waals surface area contributed by atoms with Gasteiger partial charge in [0, 0.05) is 6.54 Å². The molecular formula is C14H20FNO. The van der Waals surface area contributed by atoms with E-state index in [0.29, 0.717) is 12.5 Å². The average molecular weight is 237 g/mol. The van der Waals surface area contributed by atoms with Gasteiger partial charge in [-0.05, 0) is 61.9 Å². The van der Waals surface area contributed by atoms with E-state index in [9.17, 15) is 9.50 Å². The monoisotopic (exact) mass is 237 g/mol. The van der Waals surface area contributed by atoms with Crippen LogP contribution < -0.4 is 5.32 Å². The van der Waals surface area contributed by atoms with Gasteiger partial charge in [0.2, 0.25) is 0 Å². The Bertz CT molecular complexity index is 380. The number of halogens is 1. The molecule has 0 aromatic heterocycles. The average Bonchev–Trinajstić information content (AvgIpc) is 2.69. The van der Waals surface area contributed by atoms with Crippen molar-refractivity contribution in [2.24, 2.45) is 5.92 Å². The van der Waals surface area contributed by atoms with Crippen molar-refractivity contribution in [3.05, 3.63) is 35.1 Å². The Labute approximate surface area is 102 Å². The van der Waals surface area contributed by atoms with Crippen LogP contribution in [-0.4, -0.2) is 17.8 Å². The molecule has 0 amide bonds. The molecule has 1 aliphatic rings. The third-order valence-corrected chi connectivity index (χ3v) is 3.57. The molecule has 2 nitrogen and oxygen atoms in total. The summed E-state index contributed by atoms with van der Waals surface area (Å²) in [4.78, 5) is 0. The molecule has 17 heavy (non-hydrogen) atoms. The Morgan fingerprint density at radius 2 is 2.24 bits per heavy atom. The van der Waals surface area contributed by atoms with E-state index in [1.54, 1.807) is 6.07 Å². The molecule has 1 aromatic carbocycles. The molecule has 2 rings (SSSR count). The minimum Gasteiger partial charge on any atom is -0.393 e. The van der Waals surface area contributed by atoms with Crippen LogP contribution in [0, 0.1) is 18.7 Å². The van der Waals surface area contributed by atoms with Crippen LogP contribution in [0.25, 0.3) is 0 Å². The van der Waals surface area contributed by atoms with Gasteiger partial charge in [-0.15, -0.1) is 0 Å². The molecule has 1 fully saturated rings. The van der Waals surface area contributed by atoms with E-state index in [1.165, 1.54) is 6.07 Å². The predicted octanol–water partition coefficient (Wildman–Crippen LogP) is 2.38. The van der Waals surface area contributed by atoms with Crippen molar-refractivity contribution in [2.45, 2.75) is 38.8 Å². The van der Waals surface area contributed by atoms with Crippen molar-refractivity contribution in [1.29, 1.82) is 0 Å². The zero-order valence-corrected chi connectivity index (χ0v) is 10.2. The summed E-state index contributed by atoms with van der Waals surface area (Å²) in [5, 5.41) is 12.8. The molecule has 0 bridgehead atoms. The van der Waals surface area contributed by atoms with Crippen molar-refractivity contribution in [1.82, 2.24) is 5.32 Å². The van der Waals surface area contributed by atoms with Crippen LogP contribution in [-0.2, 0) is 6.54 Å². The molecule has 1 saturated carbocycles.